The summed E-state index contributed by atoms with van der Waals surface area (Å²) in [5.74, 6) is 1.88. The van der Waals surface area contributed by atoms with Gasteiger partial charge in [0.15, 0.2) is 11.5 Å². The van der Waals surface area contributed by atoms with Crippen molar-refractivity contribution in [2.45, 2.75) is 32.2 Å². The minimum atomic E-state index is -0.130. The van der Waals surface area contributed by atoms with Gasteiger partial charge >= 0.3 is 0 Å². The highest BCUT2D eigenvalue weighted by atomic mass is 16.6. The van der Waals surface area contributed by atoms with E-state index in [9.17, 15) is 9.59 Å². The zero-order valence-corrected chi connectivity index (χ0v) is 17.5. The van der Waals surface area contributed by atoms with E-state index in [0.717, 1.165) is 31.6 Å². The molecule has 1 aromatic carbocycles. The summed E-state index contributed by atoms with van der Waals surface area (Å²) in [4.78, 5) is 37.1. The molecule has 0 saturated carbocycles. The molecule has 0 bridgehead atoms. The number of benzene rings is 1. The lowest BCUT2D eigenvalue weighted by Gasteiger charge is -2.30. The number of carbonyl (C=O) groups is 1. The molecule has 0 spiro atoms. The predicted molar refractivity (Wildman–Crippen MR) is 116 cm³/mol. The van der Waals surface area contributed by atoms with Crippen LogP contribution in [0.15, 0.2) is 23.0 Å². The molecule has 9 heteroatoms. The fourth-order valence-corrected chi connectivity index (χ4v) is 4.38. The second-order valence-electron chi connectivity index (χ2n) is 8.23. The number of rotatable bonds is 4. The van der Waals surface area contributed by atoms with Gasteiger partial charge in [0.1, 0.15) is 13.2 Å². The van der Waals surface area contributed by atoms with Crippen molar-refractivity contribution in [1.82, 2.24) is 14.9 Å². The number of hydrogen-bond acceptors (Lipinski definition) is 7. The van der Waals surface area contributed by atoms with Gasteiger partial charge in [-0.05, 0) is 31.4 Å². The van der Waals surface area contributed by atoms with Gasteiger partial charge in [-0.15, -0.1) is 0 Å². The van der Waals surface area contributed by atoms with Gasteiger partial charge < -0.3 is 19.7 Å². The van der Waals surface area contributed by atoms with Gasteiger partial charge in [0.25, 0.3) is 5.56 Å². The molecule has 9 nitrogen and oxygen atoms in total. The number of fused-ring (bicyclic) bond motifs is 2. The molecule has 0 aliphatic carbocycles. The van der Waals surface area contributed by atoms with Crippen LogP contribution >= 0.6 is 0 Å². The molecule has 164 valence electrons. The van der Waals surface area contributed by atoms with E-state index in [1.54, 1.807) is 18.2 Å². The Morgan fingerprint density at radius 2 is 1.90 bits per heavy atom. The van der Waals surface area contributed by atoms with E-state index in [1.807, 2.05) is 4.90 Å². The van der Waals surface area contributed by atoms with Gasteiger partial charge in [0.2, 0.25) is 11.9 Å². The van der Waals surface area contributed by atoms with Gasteiger partial charge in [-0.25, -0.2) is 4.98 Å². The minimum Gasteiger partial charge on any atom is -0.486 e. The molecule has 0 atom stereocenters. The standard InChI is InChI=1S/C22H27N5O4/c28-20(23-15-4-5-18-19(12-15)31-11-10-30-18)14-26-9-6-17-16(13-26)21(29)25-22(24-17)27-7-2-1-3-8-27/h4-5,12H,1-3,6-11,13-14H2,(H,23,28)(H,24,25,29). The van der Waals surface area contributed by atoms with E-state index in [2.05, 4.69) is 15.2 Å². The molecule has 0 unspecified atom stereocenters. The average Bonchev–Trinajstić information content (AvgIpc) is 2.80. The second kappa shape index (κ2) is 8.58. The van der Waals surface area contributed by atoms with Crippen molar-refractivity contribution in [3.05, 3.63) is 39.8 Å². The Morgan fingerprint density at radius 3 is 2.74 bits per heavy atom. The van der Waals surface area contributed by atoms with Gasteiger partial charge in [0.05, 0.1) is 17.8 Å². The van der Waals surface area contributed by atoms with E-state index in [0.29, 0.717) is 61.4 Å². The first-order valence-corrected chi connectivity index (χ1v) is 10.9. The topological polar surface area (TPSA) is 99.8 Å². The van der Waals surface area contributed by atoms with Crippen molar-refractivity contribution in [1.29, 1.82) is 0 Å². The first-order valence-electron chi connectivity index (χ1n) is 10.9. The Balaban J connectivity index is 1.22. The molecule has 5 rings (SSSR count). The normalized spacial score (nSPS) is 18.4. The van der Waals surface area contributed by atoms with E-state index >= 15 is 0 Å². The number of piperidine rings is 1. The minimum absolute atomic E-state index is 0.0949. The number of anilines is 2. The van der Waals surface area contributed by atoms with Crippen LogP contribution in [0.4, 0.5) is 11.6 Å². The first kappa shape index (κ1) is 19.9. The van der Waals surface area contributed by atoms with Crippen LogP contribution in [0.2, 0.25) is 0 Å². The maximum Gasteiger partial charge on any atom is 0.257 e. The average molecular weight is 425 g/mol. The number of aromatic nitrogens is 2. The number of amides is 1. The fourth-order valence-electron chi connectivity index (χ4n) is 4.38. The van der Waals surface area contributed by atoms with E-state index < -0.39 is 0 Å². The van der Waals surface area contributed by atoms with Crippen LogP contribution in [-0.2, 0) is 17.8 Å². The lowest BCUT2D eigenvalue weighted by Crippen LogP contribution is -2.41. The quantitative estimate of drug-likeness (QED) is 0.766. The summed E-state index contributed by atoms with van der Waals surface area (Å²) >= 11 is 0. The third kappa shape index (κ3) is 4.36. The van der Waals surface area contributed by atoms with Crippen LogP contribution in [0, 0.1) is 0 Å². The third-order valence-electron chi connectivity index (χ3n) is 5.98. The molecule has 31 heavy (non-hydrogen) atoms. The van der Waals surface area contributed by atoms with Crippen LogP contribution in [0.1, 0.15) is 30.5 Å². The molecule has 1 fully saturated rings. The predicted octanol–water partition coefficient (Wildman–Crippen LogP) is 1.53. The summed E-state index contributed by atoms with van der Waals surface area (Å²) in [6, 6.07) is 5.37. The van der Waals surface area contributed by atoms with Crippen molar-refractivity contribution in [3.63, 3.8) is 0 Å². The molecule has 1 amide bonds. The smallest absolute Gasteiger partial charge is 0.257 e. The van der Waals surface area contributed by atoms with Crippen LogP contribution < -0.4 is 25.2 Å². The van der Waals surface area contributed by atoms with Crippen LogP contribution in [0.3, 0.4) is 0 Å². The summed E-state index contributed by atoms with van der Waals surface area (Å²) in [5.41, 5.74) is 2.09. The number of H-pyrrole nitrogens is 1. The summed E-state index contributed by atoms with van der Waals surface area (Å²) < 4.78 is 11.1. The molecule has 2 N–H and O–H groups in total. The Morgan fingerprint density at radius 1 is 1.10 bits per heavy atom. The van der Waals surface area contributed by atoms with Crippen LogP contribution in [0.5, 0.6) is 11.5 Å². The summed E-state index contributed by atoms with van der Waals surface area (Å²) in [7, 11) is 0. The molecule has 1 aromatic heterocycles. The van der Waals surface area contributed by atoms with Crippen LogP contribution in [0.25, 0.3) is 0 Å². The third-order valence-corrected chi connectivity index (χ3v) is 5.98. The molecular formula is C22H27N5O4. The maximum absolute atomic E-state index is 12.7. The molecule has 0 radical (unpaired) electrons. The lowest BCUT2D eigenvalue weighted by atomic mass is 10.1. The number of nitrogens with one attached hydrogen (secondary N) is 2. The Hall–Kier alpha value is -3.07. The fraction of sp³-hybridized carbons (Fsp3) is 0.500. The Kier molecular flexibility index (Phi) is 5.50. The molecule has 3 aliphatic rings. The largest absolute Gasteiger partial charge is 0.486 e. The number of nitrogens with zero attached hydrogens (tertiary/aromatic N) is 3. The number of aromatic amines is 1. The summed E-state index contributed by atoms with van der Waals surface area (Å²) in [5, 5.41) is 2.91. The van der Waals surface area contributed by atoms with Crippen molar-refractivity contribution in [2.24, 2.45) is 0 Å². The van der Waals surface area contributed by atoms with Crippen molar-refractivity contribution < 1.29 is 14.3 Å². The van der Waals surface area contributed by atoms with Gasteiger partial charge in [-0.1, -0.05) is 0 Å². The molecule has 3 aliphatic heterocycles. The highest BCUT2D eigenvalue weighted by Crippen LogP contribution is 2.32. The van der Waals surface area contributed by atoms with Gasteiger partial charge in [-0.2, -0.15) is 0 Å². The summed E-state index contributed by atoms with van der Waals surface area (Å²) in [6.45, 7) is 4.23. The number of hydrogen-bond donors (Lipinski definition) is 2. The Bertz CT molecular complexity index is 1030. The van der Waals surface area contributed by atoms with E-state index in [-0.39, 0.29) is 18.0 Å². The van der Waals surface area contributed by atoms with Crippen molar-refractivity contribution in [3.8, 4) is 11.5 Å². The maximum atomic E-state index is 12.7. The Labute approximate surface area is 180 Å². The van der Waals surface area contributed by atoms with Crippen LogP contribution in [-0.4, -0.2) is 60.2 Å². The molecular weight excluding hydrogens is 398 g/mol. The van der Waals surface area contributed by atoms with Crippen molar-refractivity contribution in [2.75, 3.05) is 49.6 Å². The number of ether oxygens (including phenoxy) is 2. The monoisotopic (exact) mass is 425 g/mol. The van der Waals surface area contributed by atoms with Gasteiger partial charge in [-0.3, -0.25) is 19.5 Å². The highest BCUT2D eigenvalue weighted by Gasteiger charge is 2.24. The second-order valence-corrected chi connectivity index (χ2v) is 8.23. The van der Waals surface area contributed by atoms with Gasteiger partial charge in [0, 0.05) is 44.4 Å². The van der Waals surface area contributed by atoms with E-state index in [1.165, 1.54) is 6.42 Å². The first-order chi connectivity index (χ1) is 15.2. The molecule has 4 heterocycles. The number of carbonyl (C=O) groups excluding carboxylic acids is 1. The van der Waals surface area contributed by atoms with Crippen molar-refractivity contribution >= 4 is 17.5 Å². The van der Waals surface area contributed by atoms with E-state index in [4.69, 9.17) is 14.5 Å². The highest BCUT2D eigenvalue weighted by molar-refractivity contribution is 5.92. The zero-order chi connectivity index (χ0) is 21.2. The summed E-state index contributed by atoms with van der Waals surface area (Å²) in [6.07, 6.45) is 4.16. The SMILES string of the molecule is O=C(CN1CCc2nc(N3CCCCC3)[nH]c(=O)c2C1)Nc1ccc2c(c1)OCCO2. The zero-order valence-electron chi connectivity index (χ0n) is 17.5. The lowest BCUT2D eigenvalue weighted by molar-refractivity contribution is -0.117. The molecule has 2 aromatic rings. The molecule has 1 saturated heterocycles.